The minimum Gasteiger partial charge on any atom is -0.310 e. The molecular formula is C46H31N. The van der Waals surface area contributed by atoms with E-state index in [9.17, 15) is 0 Å². The molecule has 0 aliphatic carbocycles. The first-order valence-electron chi connectivity index (χ1n) is 16.2. The second-order valence-corrected chi connectivity index (χ2v) is 12.2. The maximum atomic E-state index is 2.37. The molecule has 0 fully saturated rings. The molecule has 0 radical (unpaired) electrons. The van der Waals surface area contributed by atoms with Crippen molar-refractivity contribution in [3.05, 3.63) is 188 Å². The summed E-state index contributed by atoms with van der Waals surface area (Å²) in [5, 5.41) is 10.1. The van der Waals surface area contributed by atoms with Crippen molar-refractivity contribution in [1.29, 1.82) is 0 Å². The van der Waals surface area contributed by atoms with Crippen molar-refractivity contribution in [3.8, 4) is 22.3 Å². The maximum absolute atomic E-state index is 2.37. The Morgan fingerprint density at radius 3 is 1.49 bits per heavy atom. The van der Waals surface area contributed by atoms with Crippen LogP contribution in [0.2, 0.25) is 0 Å². The molecule has 0 bridgehead atoms. The van der Waals surface area contributed by atoms with E-state index in [-0.39, 0.29) is 0 Å². The van der Waals surface area contributed by atoms with E-state index < -0.39 is 0 Å². The highest BCUT2D eigenvalue weighted by molar-refractivity contribution is 6.20. The smallest absolute Gasteiger partial charge is 0.0468 e. The molecule has 0 amide bonds. The summed E-state index contributed by atoms with van der Waals surface area (Å²) in [6.45, 7) is 0. The zero-order chi connectivity index (χ0) is 31.2. The Kier molecular flexibility index (Phi) is 6.54. The van der Waals surface area contributed by atoms with Gasteiger partial charge in [-0.05, 0) is 108 Å². The Hall–Kier alpha value is -6.18. The summed E-state index contributed by atoms with van der Waals surface area (Å²) < 4.78 is 0. The van der Waals surface area contributed by atoms with E-state index in [0.717, 1.165) is 17.1 Å². The summed E-state index contributed by atoms with van der Waals surface area (Å²) in [7, 11) is 0. The fourth-order valence-corrected chi connectivity index (χ4v) is 7.01. The number of benzene rings is 9. The van der Waals surface area contributed by atoms with E-state index in [4.69, 9.17) is 0 Å². The Bertz CT molecular complexity index is 2550. The summed E-state index contributed by atoms with van der Waals surface area (Å²) in [6.07, 6.45) is 0. The van der Waals surface area contributed by atoms with Gasteiger partial charge in [-0.15, -0.1) is 0 Å². The van der Waals surface area contributed by atoms with Gasteiger partial charge in [-0.1, -0.05) is 146 Å². The monoisotopic (exact) mass is 597 g/mol. The lowest BCUT2D eigenvalue weighted by Gasteiger charge is -2.26. The van der Waals surface area contributed by atoms with Crippen LogP contribution >= 0.6 is 0 Å². The molecule has 0 aromatic heterocycles. The molecule has 9 aromatic carbocycles. The summed E-state index contributed by atoms with van der Waals surface area (Å²) in [4.78, 5) is 2.37. The number of hydrogen-bond donors (Lipinski definition) is 0. The molecule has 0 atom stereocenters. The van der Waals surface area contributed by atoms with Crippen LogP contribution in [0.15, 0.2) is 188 Å². The third-order valence-corrected chi connectivity index (χ3v) is 9.41. The molecule has 0 saturated carbocycles. The SMILES string of the molecule is c1ccc(-c2ccc(N(c3ccc(-c4ccc5ccccc5c4)cc3)c3ccc4c(ccc5ccc6ccccc6c54)c3)cc2)cc1. The highest BCUT2D eigenvalue weighted by Gasteiger charge is 2.15. The number of rotatable bonds is 5. The number of hydrogen-bond acceptors (Lipinski definition) is 1. The minimum atomic E-state index is 1.12. The van der Waals surface area contributed by atoms with Gasteiger partial charge in [-0.3, -0.25) is 0 Å². The van der Waals surface area contributed by atoms with Crippen LogP contribution in [0.5, 0.6) is 0 Å². The van der Waals surface area contributed by atoms with E-state index in [1.165, 1.54) is 65.3 Å². The lowest BCUT2D eigenvalue weighted by atomic mass is 9.96. The van der Waals surface area contributed by atoms with Gasteiger partial charge < -0.3 is 4.90 Å². The topological polar surface area (TPSA) is 3.24 Å². The van der Waals surface area contributed by atoms with Crippen LogP contribution in [-0.2, 0) is 0 Å². The van der Waals surface area contributed by atoms with Crippen molar-refractivity contribution in [2.45, 2.75) is 0 Å². The second-order valence-electron chi connectivity index (χ2n) is 12.2. The van der Waals surface area contributed by atoms with Crippen LogP contribution in [0.3, 0.4) is 0 Å². The normalized spacial score (nSPS) is 11.4. The third kappa shape index (κ3) is 4.90. The van der Waals surface area contributed by atoms with Crippen molar-refractivity contribution in [2.75, 3.05) is 4.90 Å². The molecule has 1 nitrogen and oxygen atoms in total. The molecule has 0 aliphatic rings. The molecule has 0 aliphatic heterocycles. The summed E-state index contributed by atoms with van der Waals surface area (Å²) in [5.74, 6) is 0. The molecule has 0 N–H and O–H groups in total. The summed E-state index contributed by atoms with van der Waals surface area (Å²) in [5.41, 5.74) is 8.21. The van der Waals surface area contributed by atoms with Gasteiger partial charge in [0.15, 0.2) is 0 Å². The maximum Gasteiger partial charge on any atom is 0.0468 e. The lowest BCUT2D eigenvalue weighted by Crippen LogP contribution is -2.09. The fourth-order valence-electron chi connectivity index (χ4n) is 7.01. The number of fused-ring (bicyclic) bond motifs is 6. The van der Waals surface area contributed by atoms with Crippen LogP contribution in [0.4, 0.5) is 17.1 Å². The van der Waals surface area contributed by atoms with Gasteiger partial charge in [-0.25, -0.2) is 0 Å². The Labute approximate surface area is 274 Å². The summed E-state index contributed by atoms with van der Waals surface area (Å²) >= 11 is 0. The minimum absolute atomic E-state index is 1.12. The lowest BCUT2D eigenvalue weighted by molar-refractivity contribution is 1.29. The predicted octanol–water partition coefficient (Wildman–Crippen LogP) is 13.1. The van der Waals surface area contributed by atoms with E-state index >= 15 is 0 Å². The van der Waals surface area contributed by atoms with E-state index in [1.54, 1.807) is 0 Å². The van der Waals surface area contributed by atoms with Crippen LogP contribution in [0.1, 0.15) is 0 Å². The summed E-state index contributed by atoms with van der Waals surface area (Å²) in [6, 6.07) is 68.3. The molecule has 0 unspecified atom stereocenters. The molecule has 220 valence electrons. The number of anilines is 3. The molecule has 1 heteroatoms. The highest BCUT2D eigenvalue weighted by Crippen LogP contribution is 2.40. The van der Waals surface area contributed by atoms with Gasteiger partial charge in [0.1, 0.15) is 0 Å². The van der Waals surface area contributed by atoms with E-state index in [0.29, 0.717) is 0 Å². The molecule has 9 aromatic rings. The van der Waals surface area contributed by atoms with Gasteiger partial charge in [0.25, 0.3) is 0 Å². The van der Waals surface area contributed by atoms with E-state index in [1.807, 2.05) is 0 Å². The Morgan fingerprint density at radius 1 is 0.255 bits per heavy atom. The van der Waals surface area contributed by atoms with Crippen molar-refractivity contribution in [1.82, 2.24) is 0 Å². The van der Waals surface area contributed by atoms with Crippen LogP contribution < -0.4 is 4.90 Å². The number of nitrogens with zero attached hydrogens (tertiary/aromatic N) is 1. The predicted molar refractivity (Wildman–Crippen MR) is 202 cm³/mol. The van der Waals surface area contributed by atoms with Crippen LogP contribution in [0, 0.1) is 0 Å². The van der Waals surface area contributed by atoms with Crippen molar-refractivity contribution in [2.24, 2.45) is 0 Å². The van der Waals surface area contributed by atoms with Gasteiger partial charge in [0, 0.05) is 17.1 Å². The Balaban J connectivity index is 1.17. The van der Waals surface area contributed by atoms with Crippen LogP contribution in [0.25, 0.3) is 65.3 Å². The molecule has 0 saturated heterocycles. The van der Waals surface area contributed by atoms with Crippen molar-refractivity contribution >= 4 is 60.2 Å². The zero-order valence-electron chi connectivity index (χ0n) is 25.8. The first kappa shape index (κ1) is 27.2. The second kappa shape index (κ2) is 11.3. The average molecular weight is 598 g/mol. The van der Waals surface area contributed by atoms with Crippen molar-refractivity contribution in [3.63, 3.8) is 0 Å². The van der Waals surface area contributed by atoms with Crippen LogP contribution in [-0.4, -0.2) is 0 Å². The molecule has 9 rings (SSSR count). The average Bonchev–Trinajstić information content (AvgIpc) is 3.15. The first-order chi connectivity index (χ1) is 23.3. The molecule has 47 heavy (non-hydrogen) atoms. The fraction of sp³-hybridized carbons (Fsp3) is 0. The third-order valence-electron chi connectivity index (χ3n) is 9.41. The highest BCUT2D eigenvalue weighted by atomic mass is 15.1. The Morgan fingerprint density at radius 2 is 0.745 bits per heavy atom. The molecule has 0 spiro atoms. The largest absolute Gasteiger partial charge is 0.310 e. The molecule has 0 heterocycles. The van der Waals surface area contributed by atoms with Gasteiger partial charge in [-0.2, -0.15) is 0 Å². The van der Waals surface area contributed by atoms with E-state index in [2.05, 4.69) is 193 Å². The molecular weight excluding hydrogens is 567 g/mol. The standard InChI is InChI=1S/C46H31N/c1-2-8-32(9-3-1)34-20-24-41(25-21-34)47(42-26-22-35(23-27-42)39-18-14-33-10-4-5-12-38(33)30-39)43-28-29-45-40(31-43)19-17-37-16-15-36-11-6-7-13-44(36)46(37)45/h1-31H. The van der Waals surface area contributed by atoms with Gasteiger partial charge in [0.05, 0.1) is 0 Å². The zero-order valence-corrected chi connectivity index (χ0v) is 25.8. The van der Waals surface area contributed by atoms with Gasteiger partial charge >= 0.3 is 0 Å². The quantitative estimate of drug-likeness (QED) is 0.178. The van der Waals surface area contributed by atoms with Gasteiger partial charge in [0.2, 0.25) is 0 Å². The first-order valence-corrected chi connectivity index (χ1v) is 16.2. The van der Waals surface area contributed by atoms with Crippen molar-refractivity contribution < 1.29 is 0 Å².